The molecule has 0 radical (unpaired) electrons. The maximum Gasteiger partial charge on any atom is 0.259 e. The first kappa shape index (κ1) is 15.0. The van der Waals surface area contributed by atoms with Gasteiger partial charge in [0.1, 0.15) is 0 Å². The van der Waals surface area contributed by atoms with E-state index in [0.717, 1.165) is 22.6 Å². The Bertz CT molecular complexity index is 807. The molecule has 4 heteroatoms. The van der Waals surface area contributed by atoms with Crippen molar-refractivity contribution in [1.29, 1.82) is 0 Å². The highest BCUT2D eigenvalue weighted by Gasteiger charge is 2.18. The first-order chi connectivity index (χ1) is 11.1. The van der Waals surface area contributed by atoms with Crippen LogP contribution in [-0.2, 0) is 6.54 Å². The van der Waals surface area contributed by atoms with Crippen molar-refractivity contribution in [2.45, 2.75) is 20.4 Å². The number of carbonyl (C=O) groups excluding carboxylic acids is 1. The lowest BCUT2D eigenvalue weighted by molar-refractivity contribution is 0.102. The molecule has 0 saturated carbocycles. The molecule has 0 atom stereocenters. The topological polar surface area (TPSA) is 46.9 Å². The lowest BCUT2D eigenvalue weighted by Gasteiger charge is -2.07. The zero-order chi connectivity index (χ0) is 16.2. The van der Waals surface area contributed by atoms with Gasteiger partial charge in [-0.3, -0.25) is 9.48 Å². The molecule has 0 fully saturated rings. The van der Waals surface area contributed by atoms with E-state index in [-0.39, 0.29) is 5.91 Å². The Morgan fingerprint density at radius 1 is 1.00 bits per heavy atom. The van der Waals surface area contributed by atoms with Crippen LogP contribution in [0.1, 0.15) is 27.3 Å². The van der Waals surface area contributed by atoms with Crippen LogP contribution in [0.15, 0.2) is 60.7 Å². The van der Waals surface area contributed by atoms with Crippen LogP contribution in [-0.4, -0.2) is 15.7 Å². The molecule has 0 aliphatic carbocycles. The van der Waals surface area contributed by atoms with E-state index in [0.29, 0.717) is 12.1 Å². The van der Waals surface area contributed by atoms with Gasteiger partial charge in [0.2, 0.25) is 0 Å². The van der Waals surface area contributed by atoms with Gasteiger partial charge in [0.05, 0.1) is 17.8 Å². The summed E-state index contributed by atoms with van der Waals surface area (Å²) in [6.07, 6.45) is 0. The second-order valence-corrected chi connectivity index (χ2v) is 5.51. The molecule has 0 bridgehead atoms. The van der Waals surface area contributed by atoms with Crippen LogP contribution in [0.4, 0.5) is 5.69 Å². The molecule has 116 valence electrons. The van der Waals surface area contributed by atoms with Crippen LogP contribution in [0.3, 0.4) is 0 Å². The summed E-state index contributed by atoms with van der Waals surface area (Å²) in [5, 5.41) is 7.45. The Balaban J connectivity index is 1.84. The molecule has 23 heavy (non-hydrogen) atoms. The number of nitrogens with zero attached hydrogens (tertiary/aromatic N) is 2. The van der Waals surface area contributed by atoms with Crippen LogP contribution >= 0.6 is 0 Å². The highest BCUT2D eigenvalue weighted by Crippen LogP contribution is 2.17. The van der Waals surface area contributed by atoms with Crippen LogP contribution in [0.5, 0.6) is 0 Å². The fourth-order valence-corrected chi connectivity index (χ4v) is 2.65. The Labute approximate surface area is 135 Å². The summed E-state index contributed by atoms with van der Waals surface area (Å²) in [6, 6.07) is 19.6. The van der Waals surface area contributed by atoms with Crippen molar-refractivity contribution in [3.05, 3.63) is 83.2 Å². The number of para-hydroxylation sites is 1. The normalized spacial score (nSPS) is 10.5. The van der Waals surface area contributed by atoms with Gasteiger partial charge in [-0.25, -0.2) is 0 Å². The highest BCUT2D eigenvalue weighted by atomic mass is 16.1. The van der Waals surface area contributed by atoms with Gasteiger partial charge < -0.3 is 5.32 Å². The molecule has 2 aromatic carbocycles. The van der Waals surface area contributed by atoms with Crippen LogP contribution in [0.25, 0.3) is 0 Å². The van der Waals surface area contributed by atoms with Gasteiger partial charge in [0, 0.05) is 11.4 Å². The summed E-state index contributed by atoms with van der Waals surface area (Å²) in [7, 11) is 0. The van der Waals surface area contributed by atoms with E-state index in [2.05, 4.69) is 22.5 Å². The number of carbonyl (C=O) groups is 1. The van der Waals surface area contributed by atoms with Crippen molar-refractivity contribution < 1.29 is 4.79 Å². The van der Waals surface area contributed by atoms with Gasteiger partial charge >= 0.3 is 0 Å². The second-order valence-electron chi connectivity index (χ2n) is 5.51. The summed E-state index contributed by atoms with van der Waals surface area (Å²) in [4.78, 5) is 12.6. The number of anilines is 1. The van der Waals surface area contributed by atoms with E-state index < -0.39 is 0 Å². The Kier molecular flexibility index (Phi) is 4.24. The molecule has 1 N–H and O–H groups in total. The first-order valence-electron chi connectivity index (χ1n) is 7.59. The molecule has 0 unspecified atom stereocenters. The average molecular weight is 305 g/mol. The molecule has 0 spiro atoms. The van der Waals surface area contributed by atoms with Crippen LogP contribution < -0.4 is 5.32 Å². The second kappa shape index (κ2) is 6.48. The van der Waals surface area contributed by atoms with Crippen molar-refractivity contribution in [2.75, 3.05) is 5.32 Å². The third-order valence-corrected chi connectivity index (χ3v) is 3.82. The number of aryl methyl sites for hydroxylation is 1. The fourth-order valence-electron chi connectivity index (χ4n) is 2.65. The minimum Gasteiger partial charge on any atom is -0.322 e. The predicted octanol–water partition coefficient (Wildman–Crippen LogP) is 3.80. The highest BCUT2D eigenvalue weighted by molar-refractivity contribution is 6.05. The molecule has 3 rings (SSSR count). The molecule has 4 nitrogen and oxygen atoms in total. The zero-order valence-electron chi connectivity index (χ0n) is 13.3. The first-order valence-corrected chi connectivity index (χ1v) is 7.59. The van der Waals surface area contributed by atoms with E-state index in [4.69, 9.17) is 0 Å². The summed E-state index contributed by atoms with van der Waals surface area (Å²) in [6.45, 7) is 4.46. The largest absolute Gasteiger partial charge is 0.322 e. The molecular formula is C19H19N3O. The smallest absolute Gasteiger partial charge is 0.259 e. The lowest BCUT2D eigenvalue weighted by Crippen LogP contribution is -2.14. The van der Waals surface area contributed by atoms with E-state index in [1.165, 1.54) is 0 Å². The monoisotopic (exact) mass is 305 g/mol. The van der Waals surface area contributed by atoms with E-state index in [9.17, 15) is 4.79 Å². The Morgan fingerprint density at radius 3 is 2.26 bits per heavy atom. The number of nitrogens with one attached hydrogen (secondary N) is 1. The fraction of sp³-hybridized carbons (Fsp3) is 0.158. The maximum atomic E-state index is 12.6. The van der Waals surface area contributed by atoms with Crippen LogP contribution in [0.2, 0.25) is 0 Å². The predicted molar refractivity (Wildman–Crippen MR) is 91.6 cm³/mol. The molecule has 3 aromatic rings. The average Bonchev–Trinajstić information content (AvgIpc) is 2.83. The third-order valence-electron chi connectivity index (χ3n) is 3.82. The molecule has 0 aliphatic heterocycles. The van der Waals surface area contributed by atoms with Gasteiger partial charge in [-0.15, -0.1) is 0 Å². The minimum atomic E-state index is -0.120. The number of rotatable bonds is 4. The summed E-state index contributed by atoms with van der Waals surface area (Å²) >= 11 is 0. The molecule has 0 saturated heterocycles. The quantitative estimate of drug-likeness (QED) is 0.797. The molecular weight excluding hydrogens is 286 g/mol. The molecule has 1 heterocycles. The SMILES string of the molecule is Cc1nn(Cc2ccccc2)c(C)c1C(=O)Nc1ccccc1. The van der Waals surface area contributed by atoms with Crippen molar-refractivity contribution in [3.63, 3.8) is 0 Å². The van der Waals surface area contributed by atoms with Gasteiger partial charge in [0.25, 0.3) is 5.91 Å². The van der Waals surface area contributed by atoms with Crippen molar-refractivity contribution in [3.8, 4) is 0 Å². The third kappa shape index (κ3) is 3.31. The molecule has 0 aliphatic rings. The molecule has 1 aromatic heterocycles. The van der Waals surface area contributed by atoms with Gasteiger partial charge in [-0.05, 0) is 31.5 Å². The van der Waals surface area contributed by atoms with Gasteiger partial charge in [-0.2, -0.15) is 5.10 Å². The number of amides is 1. The number of benzene rings is 2. The number of hydrogen-bond acceptors (Lipinski definition) is 2. The maximum absolute atomic E-state index is 12.6. The van der Waals surface area contributed by atoms with Crippen molar-refractivity contribution >= 4 is 11.6 Å². The summed E-state index contributed by atoms with van der Waals surface area (Å²) < 4.78 is 1.88. The minimum absolute atomic E-state index is 0.120. The molecule has 1 amide bonds. The zero-order valence-corrected chi connectivity index (χ0v) is 13.3. The Morgan fingerprint density at radius 2 is 1.61 bits per heavy atom. The van der Waals surface area contributed by atoms with Crippen molar-refractivity contribution in [1.82, 2.24) is 9.78 Å². The van der Waals surface area contributed by atoms with E-state index in [1.807, 2.05) is 67.1 Å². The number of hydrogen-bond donors (Lipinski definition) is 1. The van der Waals surface area contributed by atoms with E-state index >= 15 is 0 Å². The number of aromatic nitrogens is 2. The standard InChI is InChI=1S/C19H19N3O/c1-14-18(19(23)20-17-11-7-4-8-12-17)15(2)22(21-14)13-16-9-5-3-6-10-16/h3-12H,13H2,1-2H3,(H,20,23). The van der Waals surface area contributed by atoms with Crippen molar-refractivity contribution in [2.24, 2.45) is 0 Å². The van der Waals surface area contributed by atoms with Gasteiger partial charge in [0.15, 0.2) is 0 Å². The van der Waals surface area contributed by atoms with E-state index in [1.54, 1.807) is 0 Å². The van der Waals surface area contributed by atoms with Crippen LogP contribution in [0, 0.1) is 13.8 Å². The summed E-state index contributed by atoms with van der Waals surface area (Å²) in [5.74, 6) is -0.120. The van der Waals surface area contributed by atoms with Gasteiger partial charge in [-0.1, -0.05) is 48.5 Å². The lowest BCUT2D eigenvalue weighted by atomic mass is 10.1. The summed E-state index contributed by atoms with van der Waals surface area (Å²) in [5.41, 5.74) is 4.21. The Hall–Kier alpha value is -2.88.